The molecule has 3 rings (SSSR count). The summed E-state index contributed by atoms with van der Waals surface area (Å²) in [6, 6.07) is 9.20. The zero-order chi connectivity index (χ0) is 19.9. The minimum atomic E-state index is 0.146. The van der Waals surface area contributed by atoms with E-state index in [0.29, 0.717) is 19.7 Å². The summed E-state index contributed by atoms with van der Waals surface area (Å²) in [4.78, 5) is 2.16. The van der Waals surface area contributed by atoms with Crippen LogP contribution in [0.4, 0.5) is 0 Å². The van der Waals surface area contributed by atoms with Crippen LogP contribution in [0, 0.1) is 0 Å². The second kappa shape index (κ2) is 11.9. The molecule has 2 nitrogen and oxygen atoms in total. The van der Waals surface area contributed by atoms with E-state index in [4.69, 9.17) is 0 Å². The Morgan fingerprint density at radius 3 is 1.46 bits per heavy atom. The third-order valence-corrected chi connectivity index (χ3v) is 13.0. The van der Waals surface area contributed by atoms with E-state index in [1.807, 2.05) is 70.6 Å². The van der Waals surface area contributed by atoms with Gasteiger partial charge in [-0.25, -0.2) is 0 Å². The number of hydrogen-bond donors (Lipinski definition) is 2. The van der Waals surface area contributed by atoms with E-state index in [1.165, 1.54) is 11.1 Å². The predicted molar refractivity (Wildman–Crippen MR) is 136 cm³/mol. The molecule has 4 atom stereocenters. The van der Waals surface area contributed by atoms with Gasteiger partial charge in [-0.3, -0.25) is 0 Å². The normalized spacial score (nSPS) is 24.1. The van der Waals surface area contributed by atoms with E-state index in [-0.39, 0.29) is 13.2 Å². The molecule has 154 valence electrons. The van der Waals surface area contributed by atoms with Crippen LogP contribution in [0.2, 0.25) is 0 Å². The fourth-order valence-corrected chi connectivity index (χ4v) is 11.3. The predicted octanol–water partition coefficient (Wildman–Crippen LogP) is 6.55. The first-order chi connectivity index (χ1) is 13.7. The minimum absolute atomic E-state index is 0.146. The third-order valence-electron chi connectivity index (χ3n) is 4.29. The first kappa shape index (κ1) is 23.4. The molecular weight excluding hydrogens is 465 g/mol. The summed E-state index contributed by atoms with van der Waals surface area (Å²) in [6.07, 6.45) is 0. The van der Waals surface area contributed by atoms with E-state index in [9.17, 15) is 10.2 Å². The van der Waals surface area contributed by atoms with Gasteiger partial charge in [-0.2, -0.15) is 23.5 Å². The standard InChI is InChI=1S/C20H26O2S6/c1-3-23-17(19-25-11-15(9-21)27-19)13-5-7-14(8-6-13)18(24-4-2)20-26-12-16(10-22)28-20/h5-8,11-12,17-22H,3-4,9-10H2,1-2H3. The summed E-state index contributed by atoms with van der Waals surface area (Å²) in [5.74, 6) is 2.16. The third kappa shape index (κ3) is 5.90. The van der Waals surface area contributed by atoms with Crippen molar-refractivity contribution in [2.24, 2.45) is 0 Å². The van der Waals surface area contributed by atoms with Crippen LogP contribution in [0.25, 0.3) is 0 Å². The number of hydrogen-bond acceptors (Lipinski definition) is 8. The zero-order valence-corrected chi connectivity index (χ0v) is 20.8. The molecule has 1 aromatic carbocycles. The van der Waals surface area contributed by atoms with E-state index in [0.717, 1.165) is 21.3 Å². The van der Waals surface area contributed by atoms with Crippen molar-refractivity contribution in [1.82, 2.24) is 0 Å². The van der Waals surface area contributed by atoms with Gasteiger partial charge in [-0.15, -0.1) is 47.0 Å². The monoisotopic (exact) mass is 490 g/mol. The number of aliphatic hydroxyl groups excluding tert-OH is 2. The fraction of sp³-hybridized carbons (Fsp3) is 0.500. The van der Waals surface area contributed by atoms with Crippen LogP contribution in [0.1, 0.15) is 35.5 Å². The van der Waals surface area contributed by atoms with Crippen LogP contribution >= 0.6 is 70.6 Å². The summed E-state index contributed by atoms with van der Waals surface area (Å²) in [7, 11) is 0. The lowest BCUT2D eigenvalue weighted by Crippen LogP contribution is -2.10. The molecule has 2 N–H and O–H groups in total. The Labute approximate surface area is 193 Å². The van der Waals surface area contributed by atoms with E-state index < -0.39 is 0 Å². The lowest BCUT2D eigenvalue weighted by Gasteiger charge is -2.25. The summed E-state index contributed by atoms with van der Waals surface area (Å²) in [5, 5.41) is 23.9. The molecular formula is C20H26O2S6. The van der Waals surface area contributed by atoms with Gasteiger partial charge in [0.05, 0.1) is 32.9 Å². The SMILES string of the molecule is CCSC(c1ccc(C(SCC)C2SC=C(CO)S2)cc1)C1SC=C(CO)S1. The van der Waals surface area contributed by atoms with Crippen molar-refractivity contribution in [3.05, 3.63) is 56.0 Å². The van der Waals surface area contributed by atoms with Gasteiger partial charge in [0.15, 0.2) is 0 Å². The Balaban J connectivity index is 1.72. The Morgan fingerprint density at radius 1 is 0.786 bits per heavy atom. The molecule has 0 aromatic heterocycles. The van der Waals surface area contributed by atoms with Gasteiger partial charge in [0.25, 0.3) is 0 Å². The quantitative estimate of drug-likeness (QED) is 0.382. The average molecular weight is 491 g/mol. The van der Waals surface area contributed by atoms with Crippen molar-refractivity contribution in [1.29, 1.82) is 0 Å². The van der Waals surface area contributed by atoms with Crippen LogP contribution in [-0.2, 0) is 0 Å². The molecule has 1 aromatic rings. The van der Waals surface area contributed by atoms with Crippen LogP contribution in [0.15, 0.2) is 44.9 Å². The van der Waals surface area contributed by atoms with Crippen LogP contribution in [0.3, 0.4) is 0 Å². The van der Waals surface area contributed by atoms with Crippen molar-refractivity contribution < 1.29 is 10.2 Å². The molecule has 8 heteroatoms. The molecule has 2 heterocycles. The van der Waals surface area contributed by atoms with Gasteiger partial charge in [0, 0.05) is 9.81 Å². The molecule has 2 aliphatic heterocycles. The zero-order valence-electron chi connectivity index (χ0n) is 15.9. The molecule has 0 amide bonds. The maximum Gasteiger partial charge on any atom is 0.0748 e. The van der Waals surface area contributed by atoms with Crippen molar-refractivity contribution in [3.8, 4) is 0 Å². The number of thioether (sulfide) groups is 6. The van der Waals surface area contributed by atoms with Gasteiger partial charge >= 0.3 is 0 Å². The van der Waals surface area contributed by atoms with E-state index in [2.05, 4.69) is 48.9 Å². The molecule has 0 aliphatic carbocycles. The van der Waals surface area contributed by atoms with Crippen LogP contribution in [-0.4, -0.2) is 44.1 Å². The first-order valence-electron chi connectivity index (χ1n) is 9.27. The molecule has 0 radical (unpaired) electrons. The molecule has 0 saturated carbocycles. The van der Waals surface area contributed by atoms with Crippen LogP contribution in [0.5, 0.6) is 0 Å². The first-order valence-corrected chi connectivity index (χ1v) is 15.0. The molecule has 2 aliphatic rings. The maximum absolute atomic E-state index is 9.42. The van der Waals surface area contributed by atoms with E-state index >= 15 is 0 Å². The van der Waals surface area contributed by atoms with Gasteiger partial charge in [-0.1, -0.05) is 38.1 Å². The lowest BCUT2D eigenvalue weighted by atomic mass is 10.1. The highest BCUT2D eigenvalue weighted by Gasteiger charge is 2.31. The largest absolute Gasteiger partial charge is 0.391 e. The molecule has 0 fully saturated rings. The topological polar surface area (TPSA) is 40.5 Å². The smallest absolute Gasteiger partial charge is 0.0748 e. The highest BCUT2D eigenvalue weighted by Crippen LogP contribution is 2.53. The Kier molecular flexibility index (Phi) is 9.97. The molecule has 4 unspecified atom stereocenters. The summed E-state index contributed by atoms with van der Waals surface area (Å²) in [6.45, 7) is 4.72. The van der Waals surface area contributed by atoms with Crippen molar-refractivity contribution >= 4 is 70.6 Å². The minimum Gasteiger partial charge on any atom is -0.391 e. The average Bonchev–Trinajstić information content (AvgIpc) is 3.40. The van der Waals surface area contributed by atoms with E-state index in [1.54, 1.807) is 0 Å². The number of benzene rings is 1. The Morgan fingerprint density at radius 2 is 1.18 bits per heavy atom. The summed E-state index contributed by atoms with van der Waals surface area (Å²) < 4.78 is 0.854. The molecule has 0 saturated heterocycles. The van der Waals surface area contributed by atoms with Crippen molar-refractivity contribution in [3.63, 3.8) is 0 Å². The summed E-state index contributed by atoms with van der Waals surface area (Å²) in [5.41, 5.74) is 2.74. The number of aliphatic hydroxyl groups is 2. The lowest BCUT2D eigenvalue weighted by molar-refractivity contribution is 0.339. The molecule has 0 spiro atoms. The highest BCUT2D eigenvalue weighted by atomic mass is 32.2. The molecule has 0 bridgehead atoms. The van der Waals surface area contributed by atoms with Gasteiger partial charge in [0.1, 0.15) is 0 Å². The second-order valence-electron chi connectivity index (χ2n) is 6.15. The second-order valence-corrected chi connectivity index (χ2v) is 14.1. The van der Waals surface area contributed by atoms with Crippen LogP contribution < -0.4 is 0 Å². The fourth-order valence-electron chi connectivity index (χ4n) is 3.01. The van der Waals surface area contributed by atoms with Crippen molar-refractivity contribution in [2.75, 3.05) is 24.7 Å². The van der Waals surface area contributed by atoms with Gasteiger partial charge in [0.2, 0.25) is 0 Å². The maximum atomic E-state index is 9.42. The van der Waals surface area contributed by atoms with Gasteiger partial charge < -0.3 is 10.2 Å². The highest BCUT2D eigenvalue weighted by molar-refractivity contribution is 8.24. The number of rotatable bonds is 10. The molecule has 28 heavy (non-hydrogen) atoms. The Bertz CT molecular complexity index is 631. The van der Waals surface area contributed by atoms with Gasteiger partial charge in [-0.05, 0) is 33.4 Å². The Hall–Kier alpha value is 0.720. The van der Waals surface area contributed by atoms with Crippen molar-refractivity contribution in [2.45, 2.75) is 33.5 Å². The summed E-state index contributed by atoms with van der Waals surface area (Å²) >= 11 is 11.3.